The first-order valence-electron chi connectivity index (χ1n) is 5.55. The quantitative estimate of drug-likeness (QED) is 0.833. The molecule has 0 saturated heterocycles. The molecule has 0 aromatic heterocycles. The maximum atomic E-state index is 11.5. The predicted molar refractivity (Wildman–Crippen MR) is 65.8 cm³/mol. The lowest BCUT2D eigenvalue weighted by atomic mass is 10.1. The SMILES string of the molecule is CC(C)(C)NC(=O)COc1ccccc1CO. The Morgan fingerprint density at radius 2 is 2.00 bits per heavy atom. The molecule has 1 amide bonds. The summed E-state index contributed by atoms with van der Waals surface area (Å²) in [5.41, 5.74) is 0.410. The Hall–Kier alpha value is -1.55. The molecule has 0 aliphatic rings. The molecule has 1 rings (SSSR count). The van der Waals surface area contributed by atoms with Crippen LogP contribution in [0.3, 0.4) is 0 Å². The van der Waals surface area contributed by atoms with E-state index >= 15 is 0 Å². The number of amides is 1. The molecule has 0 saturated carbocycles. The zero-order valence-electron chi connectivity index (χ0n) is 10.5. The Bertz CT molecular complexity index is 382. The molecule has 0 aliphatic carbocycles. The lowest BCUT2D eigenvalue weighted by molar-refractivity contribution is -0.124. The van der Waals surface area contributed by atoms with Gasteiger partial charge in [0.1, 0.15) is 5.75 Å². The minimum atomic E-state index is -0.267. The van der Waals surface area contributed by atoms with Gasteiger partial charge in [0.15, 0.2) is 6.61 Å². The van der Waals surface area contributed by atoms with Crippen molar-refractivity contribution in [3.63, 3.8) is 0 Å². The summed E-state index contributed by atoms with van der Waals surface area (Å²) in [7, 11) is 0. The highest BCUT2D eigenvalue weighted by Crippen LogP contribution is 2.17. The monoisotopic (exact) mass is 237 g/mol. The van der Waals surface area contributed by atoms with Crippen molar-refractivity contribution in [3.05, 3.63) is 29.8 Å². The Balaban J connectivity index is 2.53. The van der Waals surface area contributed by atoms with Gasteiger partial charge in [-0.15, -0.1) is 0 Å². The number of aliphatic hydroxyl groups is 1. The van der Waals surface area contributed by atoms with Crippen LogP contribution in [0.2, 0.25) is 0 Å². The third kappa shape index (κ3) is 4.87. The largest absolute Gasteiger partial charge is 0.483 e. The van der Waals surface area contributed by atoms with Gasteiger partial charge >= 0.3 is 0 Å². The second kappa shape index (κ2) is 5.68. The molecule has 1 aromatic rings. The van der Waals surface area contributed by atoms with E-state index in [9.17, 15) is 4.79 Å². The Labute approximate surface area is 102 Å². The van der Waals surface area contributed by atoms with Crippen LogP contribution in [0.4, 0.5) is 0 Å². The molecule has 94 valence electrons. The number of nitrogens with one attached hydrogen (secondary N) is 1. The minimum absolute atomic E-state index is 0.0473. The van der Waals surface area contributed by atoms with Crippen molar-refractivity contribution in [2.24, 2.45) is 0 Å². The van der Waals surface area contributed by atoms with Gasteiger partial charge < -0.3 is 15.2 Å². The Morgan fingerprint density at radius 3 is 2.59 bits per heavy atom. The minimum Gasteiger partial charge on any atom is -0.483 e. The van der Waals surface area contributed by atoms with E-state index in [4.69, 9.17) is 9.84 Å². The molecule has 2 N–H and O–H groups in total. The third-order valence-electron chi connectivity index (χ3n) is 2.02. The van der Waals surface area contributed by atoms with Crippen LogP contribution in [0, 0.1) is 0 Å². The smallest absolute Gasteiger partial charge is 0.258 e. The maximum absolute atomic E-state index is 11.5. The van der Waals surface area contributed by atoms with Crippen molar-refractivity contribution < 1.29 is 14.6 Å². The van der Waals surface area contributed by atoms with Crippen LogP contribution in [0.1, 0.15) is 26.3 Å². The Morgan fingerprint density at radius 1 is 1.35 bits per heavy atom. The first-order valence-corrected chi connectivity index (χ1v) is 5.55. The third-order valence-corrected chi connectivity index (χ3v) is 2.02. The van der Waals surface area contributed by atoms with Crippen LogP contribution < -0.4 is 10.1 Å². The molecule has 0 bridgehead atoms. The standard InChI is InChI=1S/C13H19NO3/c1-13(2,3)14-12(16)9-17-11-7-5-4-6-10(11)8-15/h4-7,15H,8-9H2,1-3H3,(H,14,16). The van der Waals surface area contributed by atoms with E-state index in [1.54, 1.807) is 18.2 Å². The topological polar surface area (TPSA) is 58.6 Å². The van der Waals surface area contributed by atoms with Crippen molar-refractivity contribution in [2.45, 2.75) is 32.9 Å². The number of carbonyl (C=O) groups excluding carboxylic acids is 1. The second-order valence-electron chi connectivity index (χ2n) is 4.85. The number of hydrogen-bond acceptors (Lipinski definition) is 3. The summed E-state index contributed by atoms with van der Waals surface area (Å²) in [6, 6.07) is 7.11. The van der Waals surface area contributed by atoms with Crippen LogP contribution in [0.15, 0.2) is 24.3 Å². The van der Waals surface area contributed by atoms with E-state index in [0.717, 1.165) is 0 Å². The van der Waals surface area contributed by atoms with Gasteiger partial charge in [0.2, 0.25) is 0 Å². The first-order chi connectivity index (χ1) is 7.92. The predicted octanol–water partition coefficient (Wildman–Crippen LogP) is 1.47. The number of aliphatic hydroxyl groups excluding tert-OH is 1. The van der Waals surface area contributed by atoms with Gasteiger partial charge in [-0.05, 0) is 26.8 Å². The van der Waals surface area contributed by atoms with E-state index in [1.807, 2.05) is 26.8 Å². The average Bonchev–Trinajstić information content (AvgIpc) is 2.24. The summed E-state index contributed by atoms with van der Waals surface area (Å²) in [5.74, 6) is 0.365. The van der Waals surface area contributed by atoms with Crippen molar-refractivity contribution in [2.75, 3.05) is 6.61 Å². The molecule has 0 unspecified atom stereocenters. The number of hydrogen-bond donors (Lipinski definition) is 2. The summed E-state index contributed by atoms with van der Waals surface area (Å²) in [6.07, 6.45) is 0. The molecular formula is C13H19NO3. The number of para-hydroxylation sites is 1. The summed E-state index contributed by atoms with van der Waals surface area (Å²) < 4.78 is 5.36. The van der Waals surface area contributed by atoms with Crippen molar-refractivity contribution in [3.8, 4) is 5.75 Å². The van der Waals surface area contributed by atoms with Crippen molar-refractivity contribution in [1.82, 2.24) is 5.32 Å². The first kappa shape index (κ1) is 13.5. The van der Waals surface area contributed by atoms with Crippen molar-refractivity contribution in [1.29, 1.82) is 0 Å². The highest BCUT2D eigenvalue weighted by atomic mass is 16.5. The highest BCUT2D eigenvalue weighted by Gasteiger charge is 2.14. The molecule has 0 radical (unpaired) electrons. The van der Waals surface area contributed by atoms with Gasteiger partial charge in [0, 0.05) is 11.1 Å². The number of ether oxygens (including phenoxy) is 1. The van der Waals surface area contributed by atoms with Gasteiger partial charge in [-0.1, -0.05) is 18.2 Å². The summed E-state index contributed by atoms with van der Waals surface area (Å²) >= 11 is 0. The number of rotatable bonds is 4. The van der Waals surface area contributed by atoms with E-state index < -0.39 is 0 Å². The molecule has 17 heavy (non-hydrogen) atoms. The number of carbonyl (C=O) groups is 1. The molecule has 4 nitrogen and oxygen atoms in total. The molecule has 4 heteroatoms. The van der Waals surface area contributed by atoms with E-state index in [-0.39, 0.29) is 24.7 Å². The summed E-state index contributed by atoms with van der Waals surface area (Å²) in [5, 5.41) is 11.9. The van der Waals surface area contributed by atoms with Crippen LogP contribution in [0.5, 0.6) is 5.75 Å². The van der Waals surface area contributed by atoms with Crippen LogP contribution in [0.25, 0.3) is 0 Å². The highest BCUT2D eigenvalue weighted by molar-refractivity contribution is 5.78. The van der Waals surface area contributed by atoms with Gasteiger partial charge in [0.05, 0.1) is 6.61 Å². The van der Waals surface area contributed by atoms with E-state index in [0.29, 0.717) is 11.3 Å². The van der Waals surface area contributed by atoms with Crippen LogP contribution in [-0.4, -0.2) is 23.2 Å². The molecule has 1 aromatic carbocycles. The Kier molecular flexibility index (Phi) is 4.52. The van der Waals surface area contributed by atoms with Crippen LogP contribution >= 0.6 is 0 Å². The fraction of sp³-hybridized carbons (Fsp3) is 0.462. The summed E-state index contributed by atoms with van der Waals surface area (Å²) in [6.45, 7) is 5.58. The fourth-order valence-electron chi connectivity index (χ4n) is 1.37. The molecule has 0 atom stereocenters. The molecule has 0 fully saturated rings. The number of benzene rings is 1. The van der Waals surface area contributed by atoms with Gasteiger partial charge in [-0.3, -0.25) is 4.79 Å². The zero-order valence-corrected chi connectivity index (χ0v) is 10.5. The molecule has 0 aliphatic heterocycles. The molecule has 0 heterocycles. The lowest BCUT2D eigenvalue weighted by Gasteiger charge is -2.20. The van der Waals surface area contributed by atoms with Crippen LogP contribution in [-0.2, 0) is 11.4 Å². The molecule has 0 spiro atoms. The lowest BCUT2D eigenvalue weighted by Crippen LogP contribution is -2.43. The van der Waals surface area contributed by atoms with Gasteiger partial charge in [0.25, 0.3) is 5.91 Å². The maximum Gasteiger partial charge on any atom is 0.258 e. The van der Waals surface area contributed by atoms with Crippen molar-refractivity contribution >= 4 is 5.91 Å². The molecular weight excluding hydrogens is 218 g/mol. The van der Waals surface area contributed by atoms with E-state index in [1.165, 1.54) is 0 Å². The second-order valence-corrected chi connectivity index (χ2v) is 4.85. The normalized spacial score (nSPS) is 11.1. The van der Waals surface area contributed by atoms with E-state index in [2.05, 4.69) is 5.32 Å². The average molecular weight is 237 g/mol. The summed E-state index contributed by atoms with van der Waals surface area (Å²) in [4.78, 5) is 11.5. The van der Waals surface area contributed by atoms with Gasteiger partial charge in [-0.25, -0.2) is 0 Å². The van der Waals surface area contributed by atoms with Gasteiger partial charge in [-0.2, -0.15) is 0 Å². The fourth-order valence-corrected chi connectivity index (χ4v) is 1.37. The zero-order chi connectivity index (χ0) is 12.9.